The summed E-state index contributed by atoms with van der Waals surface area (Å²) in [5, 5.41) is 17.8. The molecule has 3 heteroatoms. The molecule has 4 aliphatic carbocycles. The van der Waals surface area contributed by atoms with E-state index in [1.807, 2.05) is 0 Å². The van der Waals surface area contributed by atoms with E-state index in [-0.39, 0.29) is 6.10 Å². The van der Waals surface area contributed by atoms with E-state index in [2.05, 4.69) is 30.2 Å². The minimum Gasteiger partial charge on any atom is -0.393 e. The summed E-state index contributed by atoms with van der Waals surface area (Å²) in [6.07, 6.45) is 12.0. The van der Waals surface area contributed by atoms with Gasteiger partial charge < -0.3 is 5.11 Å². The summed E-state index contributed by atoms with van der Waals surface area (Å²) in [5.74, 6) is 3.34. The van der Waals surface area contributed by atoms with Crippen LogP contribution in [0.5, 0.6) is 0 Å². The summed E-state index contributed by atoms with van der Waals surface area (Å²) in [4.78, 5) is 0. The van der Waals surface area contributed by atoms with Crippen LogP contribution in [0.15, 0.2) is 6.20 Å². The van der Waals surface area contributed by atoms with Gasteiger partial charge in [-0.15, -0.1) is 0 Å². The van der Waals surface area contributed by atoms with Crippen molar-refractivity contribution in [2.24, 2.45) is 29.1 Å². The number of hydrogen-bond acceptors (Lipinski definition) is 2. The molecular formula is C20H30N2O. The van der Waals surface area contributed by atoms with Crippen molar-refractivity contribution in [3.8, 4) is 0 Å². The van der Waals surface area contributed by atoms with Crippen LogP contribution in [-0.2, 0) is 11.8 Å². The lowest BCUT2D eigenvalue weighted by Crippen LogP contribution is -2.54. The van der Waals surface area contributed by atoms with Gasteiger partial charge in [0.1, 0.15) is 0 Å². The summed E-state index contributed by atoms with van der Waals surface area (Å²) in [7, 11) is 0. The van der Waals surface area contributed by atoms with Crippen LogP contribution < -0.4 is 0 Å². The topological polar surface area (TPSA) is 48.9 Å². The van der Waals surface area contributed by atoms with E-state index >= 15 is 0 Å². The Balaban J connectivity index is 1.49. The smallest absolute Gasteiger partial charge is 0.0543 e. The minimum atomic E-state index is -0.0316. The number of nitrogens with zero attached hydrogens (tertiary/aromatic N) is 1. The van der Waals surface area contributed by atoms with Crippen molar-refractivity contribution in [3.05, 3.63) is 17.5 Å². The standard InChI is InChI=1S/C20H30N2O/c1-19-7-5-14(23)10-13(19)3-4-15-16(19)6-8-20(2)17(15)9-12-11-21-22-18(12)20/h11,13-17,23H,3-10H2,1-2H3,(H,21,22)/t13-,14-,15-,16+,17-,19-,20-/m0/s1. The summed E-state index contributed by atoms with van der Waals surface area (Å²) in [6.45, 7) is 5.07. The average molecular weight is 314 g/mol. The maximum absolute atomic E-state index is 10.1. The van der Waals surface area contributed by atoms with Crippen LogP contribution in [0.3, 0.4) is 0 Å². The third-order valence-corrected chi connectivity index (χ3v) is 8.76. The van der Waals surface area contributed by atoms with Gasteiger partial charge in [-0.3, -0.25) is 5.10 Å². The van der Waals surface area contributed by atoms with Gasteiger partial charge in [-0.25, -0.2) is 0 Å². The molecule has 0 aliphatic heterocycles. The Morgan fingerprint density at radius 3 is 2.87 bits per heavy atom. The first-order valence-corrected chi connectivity index (χ1v) is 9.73. The molecule has 0 bridgehead atoms. The van der Waals surface area contributed by atoms with Crippen LogP contribution in [0.25, 0.3) is 0 Å². The SMILES string of the molecule is C[C@]12CC[C@H](O)C[C@@H]1CC[C@H]1[C@H]2CC[C@]2(C)c3[nH]ncc3C[C@@H]12. The monoisotopic (exact) mass is 314 g/mol. The lowest BCUT2D eigenvalue weighted by Gasteiger charge is -2.60. The van der Waals surface area contributed by atoms with Crippen molar-refractivity contribution in [2.45, 2.75) is 76.7 Å². The Morgan fingerprint density at radius 2 is 2.00 bits per heavy atom. The van der Waals surface area contributed by atoms with Crippen molar-refractivity contribution in [3.63, 3.8) is 0 Å². The molecule has 1 heterocycles. The van der Waals surface area contributed by atoms with Gasteiger partial charge in [-0.2, -0.15) is 5.10 Å². The molecule has 0 unspecified atom stereocenters. The zero-order valence-electron chi connectivity index (χ0n) is 14.5. The average Bonchev–Trinajstić information content (AvgIpc) is 3.09. The van der Waals surface area contributed by atoms with Gasteiger partial charge in [0.2, 0.25) is 0 Å². The fourth-order valence-electron chi connectivity index (χ4n) is 7.44. The zero-order valence-corrected chi connectivity index (χ0v) is 14.5. The summed E-state index contributed by atoms with van der Waals surface area (Å²) in [6, 6.07) is 0. The number of aromatic amines is 1. The molecule has 5 rings (SSSR count). The number of hydrogen-bond donors (Lipinski definition) is 2. The van der Waals surface area contributed by atoms with E-state index in [4.69, 9.17) is 0 Å². The lowest BCUT2D eigenvalue weighted by atomic mass is 9.45. The highest BCUT2D eigenvalue weighted by Crippen LogP contribution is 2.65. The van der Waals surface area contributed by atoms with Crippen LogP contribution in [-0.4, -0.2) is 21.4 Å². The molecule has 0 aromatic carbocycles. The highest BCUT2D eigenvalue weighted by molar-refractivity contribution is 5.35. The van der Waals surface area contributed by atoms with Crippen molar-refractivity contribution < 1.29 is 5.11 Å². The molecule has 3 saturated carbocycles. The van der Waals surface area contributed by atoms with Gasteiger partial charge in [-0.05, 0) is 86.0 Å². The minimum absolute atomic E-state index is 0.0316. The molecule has 2 N–H and O–H groups in total. The van der Waals surface area contributed by atoms with Gasteiger partial charge in [0.05, 0.1) is 12.3 Å². The fourth-order valence-corrected chi connectivity index (χ4v) is 7.44. The Hall–Kier alpha value is -0.830. The first-order chi connectivity index (χ1) is 11.0. The normalized spacial score (nSPS) is 51.5. The second-order valence-corrected chi connectivity index (χ2v) is 9.52. The summed E-state index contributed by atoms with van der Waals surface area (Å²) in [5.41, 5.74) is 3.76. The molecule has 3 nitrogen and oxygen atoms in total. The number of aliphatic hydroxyl groups is 1. The first kappa shape index (κ1) is 14.5. The molecule has 0 spiro atoms. The molecule has 3 fully saturated rings. The largest absolute Gasteiger partial charge is 0.393 e. The molecular weight excluding hydrogens is 284 g/mol. The number of aliphatic hydroxyl groups excluding tert-OH is 1. The van der Waals surface area contributed by atoms with Crippen molar-refractivity contribution >= 4 is 0 Å². The van der Waals surface area contributed by atoms with E-state index in [1.165, 1.54) is 49.8 Å². The lowest BCUT2D eigenvalue weighted by molar-refractivity contribution is -0.111. The molecule has 7 atom stereocenters. The maximum atomic E-state index is 10.1. The van der Waals surface area contributed by atoms with E-state index in [1.54, 1.807) is 0 Å². The third kappa shape index (κ3) is 1.78. The fraction of sp³-hybridized carbons (Fsp3) is 0.850. The molecule has 0 radical (unpaired) electrons. The predicted octanol–water partition coefficient (Wildman–Crippen LogP) is 3.83. The molecule has 126 valence electrons. The molecule has 0 amide bonds. The maximum Gasteiger partial charge on any atom is 0.0543 e. The second kappa shape index (κ2) is 4.62. The van der Waals surface area contributed by atoms with Crippen LogP contribution in [0, 0.1) is 29.1 Å². The van der Waals surface area contributed by atoms with Gasteiger partial charge in [-0.1, -0.05) is 13.8 Å². The predicted molar refractivity (Wildman–Crippen MR) is 90.0 cm³/mol. The van der Waals surface area contributed by atoms with Crippen LogP contribution in [0.2, 0.25) is 0 Å². The quantitative estimate of drug-likeness (QED) is 0.764. The van der Waals surface area contributed by atoms with Crippen LogP contribution >= 0.6 is 0 Å². The number of H-pyrrole nitrogens is 1. The van der Waals surface area contributed by atoms with Gasteiger partial charge in [0, 0.05) is 11.1 Å². The number of aromatic nitrogens is 2. The number of nitrogens with one attached hydrogen (secondary N) is 1. The zero-order chi connectivity index (χ0) is 15.8. The third-order valence-electron chi connectivity index (χ3n) is 8.76. The van der Waals surface area contributed by atoms with E-state index < -0.39 is 0 Å². The Bertz CT molecular complexity index is 625. The van der Waals surface area contributed by atoms with Gasteiger partial charge in [0.15, 0.2) is 0 Å². The van der Waals surface area contributed by atoms with Crippen LogP contribution in [0.4, 0.5) is 0 Å². The van der Waals surface area contributed by atoms with Crippen molar-refractivity contribution in [2.75, 3.05) is 0 Å². The Kier molecular flexibility index (Phi) is 2.92. The Morgan fingerprint density at radius 1 is 1.13 bits per heavy atom. The molecule has 1 aromatic heterocycles. The summed E-state index contributed by atoms with van der Waals surface area (Å²) >= 11 is 0. The molecule has 1 aromatic rings. The summed E-state index contributed by atoms with van der Waals surface area (Å²) < 4.78 is 0. The van der Waals surface area contributed by atoms with Gasteiger partial charge >= 0.3 is 0 Å². The molecule has 0 saturated heterocycles. The van der Waals surface area contributed by atoms with Crippen molar-refractivity contribution in [1.29, 1.82) is 0 Å². The van der Waals surface area contributed by atoms with E-state index in [0.29, 0.717) is 10.8 Å². The number of fused-ring (bicyclic) bond motifs is 7. The molecule has 4 aliphatic rings. The Labute approximate surface area is 139 Å². The van der Waals surface area contributed by atoms with Crippen molar-refractivity contribution in [1.82, 2.24) is 10.2 Å². The first-order valence-electron chi connectivity index (χ1n) is 9.73. The van der Waals surface area contributed by atoms with Crippen LogP contribution in [0.1, 0.15) is 70.1 Å². The highest BCUT2D eigenvalue weighted by Gasteiger charge is 2.59. The molecule has 23 heavy (non-hydrogen) atoms. The van der Waals surface area contributed by atoms with Gasteiger partial charge in [0.25, 0.3) is 0 Å². The van der Waals surface area contributed by atoms with E-state index in [0.717, 1.165) is 36.5 Å². The highest BCUT2D eigenvalue weighted by atomic mass is 16.3. The second-order valence-electron chi connectivity index (χ2n) is 9.52. The van der Waals surface area contributed by atoms with E-state index in [9.17, 15) is 5.11 Å². The number of rotatable bonds is 0.